The van der Waals surface area contributed by atoms with Gasteiger partial charge in [-0.2, -0.15) is 13.2 Å². The number of rotatable bonds is 14. The van der Waals surface area contributed by atoms with Crippen LogP contribution >= 0.6 is 0 Å². The van der Waals surface area contributed by atoms with Crippen LogP contribution in [-0.2, 0) is 44.7 Å². The first-order chi connectivity index (χ1) is 32.7. The maximum absolute atomic E-state index is 14.4. The number of carbonyl (C=O) groups excluding carboxylic acids is 3. The van der Waals surface area contributed by atoms with Crippen molar-refractivity contribution in [3.05, 3.63) is 105 Å². The number of hydrogen-bond acceptors (Lipinski definition) is 8. The highest BCUT2D eigenvalue weighted by atomic mass is 19.4. The van der Waals surface area contributed by atoms with Crippen molar-refractivity contribution in [3.63, 3.8) is 0 Å². The lowest BCUT2D eigenvalue weighted by Crippen LogP contribution is -2.50. The summed E-state index contributed by atoms with van der Waals surface area (Å²) in [7, 11) is 3.33. The van der Waals surface area contributed by atoms with Gasteiger partial charge in [-0.25, -0.2) is 4.79 Å². The normalized spacial score (nSPS) is 22.8. The summed E-state index contributed by atoms with van der Waals surface area (Å²) in [5, 5.41) is 2.36. The second-order valence-corrected chi connectivity index (χ2v) is 21.3. The Kier molecular flexibility index (Phi) is 14.4. The molecule has 4 aromatic rings. The predicted octanol–water partition coefficient (Wildman–Crippen LogP) is 8.47. The number of imidazole rings is 1. The van der Waals surface area contributed by atoms with Crippen LogP contribution in [-0.4, -0.2) is 106 Å². The Morgan fingerprint density at radius 1 is 0.928 bits per heavy atom. The molecule has 3 aromatic carbocycles. The average Bonchev–Trinajstić information content (AvgIpc) is 3.55. The summed E-state index contributed by atoms with van der Waals surface area (Å²) >= 11 is 0. The molecule has 0 bridgehead atoms. The summed E-state index contributed by atoms with van der Waals surface area (Å²) in [5.41, 5.74) is 5.09. The van der Waals surface area contributed by atoms with Crippen LogP contribution in [0.25, 0.3) is 16.6 Å². The third kappa shape index (κ3) is 10.9. The molecule has 372 valence electrons. The van der Waals surface area contributed by atoms with Crippen LogP contribution in [0.1, 0.15) is 113 Å². The van der Waals surface area contributed by atoms with Gasteiger partial charge in [0.2, 0.25) is 17.7 Å². The molecule has 0 spiro atoms. The third-order valence-corrected chi connectivity index (χ3v) is 15.4. The second kappa shape index (κ2) is 19.9. The first-order valence-corrected chi connectivity index (χ1v) is 24.6. The fourth-order valence-corrected chi connectivity index (χ4v) is 11.4. The number of allylic oxidation sites excluding steroid dienone is 2. The number of halogens is 3. The van der Waals surface area contributed by atoms with Crippen LogP contribution in [0, 0.1) is 18.3 Å². The number of ether oxygens (including phenoxy) is 2. The molecule has 2 unspecified atom stereocenters. The lowest BCUT2D eigenvalue weighted by Gasteiger charge is -2.46. The molecule has 0 saturated carbocycles. The Bertz CT molecular complexity index is 2640. The number of benzene rings is 3. The molecule has 3 aliphatic heterocycles. The van der Waals surface area contributed by atoms with Gasteiger partial charge in [0.05, 0.1) is 29.2 Å². The molecule has 3 saturated heterocycles. The molecule has 15 heteroatoms. The minimum atomic E-state index is -4.36. The molecule has 1 N–H and O–H groups in total. The Hall–Kier alpha value is -5.25. The van der Waals surface area contributed by atoms with E-state index in [4.69, 9.17) is 9.47 Å². The molecule has 4 heterocycles. The van der Waals surface area contributed by atoms with E-state index in [2.05, 4.69) is 67.4 Å². The maximum Gasteiger partial charge on any atom is 0.395 e. The van der Waals surface area contributed by atoms with Gasteiger partial charge in [-0.3, -0.25) is 38.6 Å². The second-order valence-electron chi connectivity index (χ2n) is 21.3. The van der Waals surface area contributed by atoms with Gasteiger partial charge < -0.3 is 14.4 Å². The van der Waals surface area contributed by atoms with Gasteiger partial charge in [0, 0.05) is 77.2 Å². The van der Waals surface area contributed by atoms with Crippen molar-refractivity contribution >= 4 is 34.3 Å². The first-order valence-electron chi connectivity index (χ1n) is 24.6. The highest BCUT2D eigenvalue weighted by Crippen LogP contribution is 2.46. The monoisotopic (exact) mass is 955 g/mol. The topological polar surface area (TPSA) is 118 Å². The number of alkyl halides is 3. The molecule has 12 nitrogen and oxygen atoms in total. The van der Waals surface area contributed by atoms with E-state index < -0.39 is 23.5 Å². The number of aryl methyl sites for hydroxylation is 2. The van der Waals surface area contributed by atoms with E-state index in [9.17, 15) is 32.3 Å². The number of hydrogen-bond donors (Lipinski definition) is 1. The van der Waals surface area contributed by atoms with Crippen molar-refractivity contribution in [2.75, 3.05) is 53.0 Å². The van der Waals surface area contributed by atoms with Crippen LogP contribution in [0.4, 0.5) is 13.2 Å². The van der Waals surface area contributed by atoms with Crippen molar-refractivity contribution in [2.24, 2.45) is 18.4 Å². The highest BCUT2D eigenvalue weighted by molar-refractivity contribution is 6.00. The molecule has 4 aliphatic rings. The summed E-state index contributed by atoms with van der Waals surface area (Å²) in [6.07, 6.45) is 2.71. The fraction of sp³-hybridized carbons (Fsp3) is 0.556. The Labute approximate surface area is 403 Å². The van der Waals surface area contributed by atoms with Gasteiger partial charge in [0.25, 0.3) is 0 Å². The van der Waals surface area contributed by atoms with Gasteiger partial charge in [-0.1, -0.05) is 42.5 Å². The summed E-state index contributed by atoms with van der Waals surface area (Å²) in [6, 6.07) is 19.5. The lowest BCUT2D eigenvalue weighted by molar-refractivity contribution is -0.217. The van der Waals surface area contributed by atoms with Gasteiger partial charge in [0.15, 0.2) is 0 Å². The van der Waals surface area contributed by atoms with E-state index in [1.165, 1.54) is 24.0 Å². The quantitative estimate of drug-likeness (QED) is 0.125. The molecule has 0 radical (unpaired) electrons. The lowest BCUT2D eigenvalue weighted by atomic mass is 9.67. The molecule has 3 fully saturated rings. The van der Waals surface area contributed by atoms with Crippen LogP contribution in [0.5, 0.6) is 5.75 Å². The molecule has 69 heavy (non-hydrogen) atoms. The summed E-state index contributed by atoms with van der Waals surface area (Å²) in [5.74, 6) is 0.0728. The zero-order valence-electron chi connectivity index (χ0n) is 41.3. The number of fused-ring (bicyclic) bond motifs is 1. The Morgan fingerprint density at radius 2 is 1.65 bits per heavy atom. The van der Waals surface area contributed by atoms with Crippen LogP contribution < -0.4 is 15.7 Å². The molecular weight excluding hydrogens is 886 g/mol. The van der Waals surface area contributed by atoms with Crippen molar-refractivity contribution in [3.8, 4) is 5.75 Å². The summed E-state index contributed by atoms with van der Waals surface area (Å²) in [4.78, 5) is 57.8. The number of carbonyl (C=O) groups is 3. The number of nitrogens with zero attached hydrogens (tertiary/aromatic N) is 5. The number of piperidine rings is 1. The van der Waals surface area contributed by atoms with E-state index in [1.54, 1.807) is 18.7 Å². The SMILES string of the molecule is COc1ccc([C@]2(CCN(Cc3ccc(C4=CCC(C(=O)N5CCN(Cc6ccc7c(c6)n(C)c(=O)n7C6CCC(=O)NC6=O)CC5)CC4)c(C)c3)CC(C)(C)C(F)(F)F)CCOC(C)(C)C2)cc1. The molecule has 3 amide bonds. The van der Waals surface area contributed by atoms with Gasteiger partial charge in [-0.05, 0) is 144 Å². The van der Waals surface area contributed by atoms with E-state index in [1.807, 2.05) is 40.1 Å². The first kappa shape index (κ1) is 50.1. The molecule has 1 aliphatic carbocycles. The van der Waals surface area contributed by atoms with Crippen molar-refractivity contribution in [1.29, 1.82) is 0 Å². The summed E-state index contributed by atoms with van der Waals surface area (Å²) in [6.45, 7) is 13.5. The number of amides is 3. The molecule has 3 atom stereocenters. The van der Waals surface area contributed by atoms with Gasteiger partial charge in [0.1, 0.15) is 11.8 Å². The van der Waals surface area contributed by atoms with Crippen molar-refractivity contribution in [1.82, 2.24) is 29.2 Å². The Balaban J connectivity index is 0.881. The number of methoxy groups -OCH3 is 1. The van der Waals surface area contributed by atoms with E-state index in [0.29, 0.717) is 57.7 Å². The predicted molar refractivity (Wildman–Crippen MR) is 261 cm³/mol. The zero-order chi connectivity index (χ0) is 49.5. The van der Waals surface area contributed by atoms with Crippen LogP contribution in [0.3, 0.4) is 0 Å². The van der Waals surface area contributed by atoms with E-state index >= 15 is 0 Å². The third-order valence-electron chi connectivity index (χ3n) is 15.4. The highest BCUT2D eigenvalue weighted by Gasteiger charge is 2.49. The minimum absolute atomic E-state index is 0.0926. The molecular formula is C54H69F3N6O6. The number of piperazine rings is 1. The average molecular weight is 955 g/mol. The minimum Gasteiger partial charge on any atom is -0.497 e. The zero-order valence-corrected chi connectivity index (χ0v) is 41.3. The number of imide groups is 1. The number of aromatic nitrogens is 2. The van der Waals surface area contributed by atoms with Crippen LogP contribution in [0.2, 0.25) is 0 Å². The van der Waals surface area contributed by atoms with Crippen LogP contribution in [0.15, 0.2) is 71.5 Å². The summed E-state index contributed by atoms with van der Waals surface area (Å²) < 4.78 is 58.0. The standard InChI is InChI=1S/C54H69F3N6O6/c1-36-30-37(33-61(35-51(2,3)54(55,56)57)24-22-53(23-29-69-52(4,5)34-53)41-14-16-42(68-7)17-15-41)8-18-43(36)39-10-12-40(13-11-39)49(66)62-27-25-60(26-28-62)32-38-9-19-44-46(31-38)59(6)50(67)63(44)45-20-21-47(64)58-48(45)65/h8-10,14-19,30-31,40,45H,11-13,20-29,32-35H2,1-7H3,(H,58,64,65)/t40?,45?,53-/m1/s1. The smallest absolute Gasteiger partial charge is 0.395 e. The Morgan fingerprint density at radius 3 is 2.29 bits per heavy atom. The van der Waals surface area contributed by atoms with Gasteiger partial charge in [-0.15, -0.1) is 0 Å². The van der Waals surface area contributed by atoms with E-state index in [0.717, 1.165) is 77.9 Å². The molecule has 1 aromatic heterocycles. The fourth-order valence-electron chi connectivity index (χ4n) is 11.4. The van der Waals surface area contributed by atoms with Crippen molar-refractivity contribution < 1.29 is 37.0 Å². The number of nitrogens with one attached hydrogen (secondary N) is 1. The van der Waals surface area contributed by atoms with Crippen molar-refractivity contribution in [2.45, 2.75) is 122 Å². The molecule has 8 rings (SSSR count). The largest absolute Gasteiger partial charge is 0.497 e. The van der Waals surface area contributed by atoms with E-state index in [-0.39, 0.29) is 53.8 Å². The van der Waals surface area contributed by atoms with Gasteiger partial charge >= 0.3 is 11.9 Å². The maximum atomic E-state index is 14.4.